The highest BCUT2D eigenvalue weighted by atomic mass is 32.2. The maximum atomic E-state index is 11.3. The van der Waals surface area contributed by atoms with Gasteiger partial charge >= 0.3 is 0 Å². The summed E-state index contributed by atoms with van der Waals surface area (Å²) >= 11 is 0. The van der Waals surface area contributed by atoms with Crippen LogP contribution >= 0.6 is 0 Å². The van der Waals surface area contributed by atoms with Gasteiger partial charge in [-0.15, -0.1) is 6.42 Å². The van der Waals surface area contributed by atoms with Gasteiger partial charge in [-0.05, 0) is 37.5 Å². The van der Waals surface area contributed by atoms with Gasteiger partial charge in [-0.3, -0.25) is 0 Å². The van der Waals surface area contributed by atoms with Crippen molar-refractivity contribution in [3.05, 3.63) is 29.8 Å². The fraction of sp³-hybridized carbons (Fsp3) is 0.429. The summed E-state index contributed by atoms with van der Waals surface area (Å²) in [5.74, 6) is 2.94. The quantitative estimate of drug-likeness (QED) is 0.561. The number of ether oxygens (including phenoxy) is 1. The van der Waals surface area contributed by atoms with E-state index < -0.39 is 9.84 Å². The van der Waals surface area contributed by atoms with E-state index >= 15 is 0 Å². The Balaban J connectivity index is 2.22. The lowest BCUT2D eigenvalue weighted by Gasteiger charge is -2.06. The summed E-state index contributed by atoms with van der Waals surface area (Å²) in [6, 6.07) is 7.78. The molecule has 1 aromatic rings. The minimum Gasteiger partial charge on any atom is -0.494 e. The third-order valence-corrected chi connectivity index (χ3v) is 3.93. The van der Waals surface area contributed by atoms with E-state index in [9.17, 15) is 8.42 Å². The highest BCUT2D eigenvalue weighted by molar-refractivity contribution is 7.91. The van der Waals surface area contributed by atoms with E-state index in [1.54, 1.807) is 0 Å². The van der Waals surface area contributed by atoms with E-state index in [-0.39, 0.29) is 11.5 Å². The van der Waals surface area contributed by atoms with Crippen LogP contribution < -0.4 is 4.74 Å². The average Bonchev–Trinajstić information content (AvgIpc) is 2.28. The number of benzene rings is 1. The summed E-state index contributed by atoms with van der Waals surface area (Å²) in [4.78, 5) is 0. The van der Waals surface area contributed by atoms with Crippen molar-refractivity contribution in [2.45, 2.75) is 19.8 Å². The van der Waals surface area contributed by atoms with Crippen LogP contribution in [0.1, 0.15) is 18.4 Å². The summed E-state index contributed by atoms with van der Waals surface area (Å²) in [5, 5.41) is 0. The van der Waals surface area contributed by atoms with Gasteiger partial charge in [-0.1, -0.05) is 18.1 Å². The molecule has 0 atom stereocenters. The van der Waals surface area contributed by atoms with E-state index in [4.69, 9.17) is 11.2 Å². The molecule has 0 aliphatic carbocycles. The van der Waals surface area contributed by atoms with Crippen molar-refractivity contribution in [3.63, 3.8) is 0 Å². The normalized spacial score (nSPS) is 10.9. The van der Waals surface area contributed by atoms with Crippen LogP contribution in [-0.4, -0.2) is 26.5 Å². The molecule has 0 N–H and O–H groups in total. The van der Waals surface area contributed by atoms with Crippen molar-refractivity contribution in [2.75, 3.05) is 18.1 Å². The highest BCUT2D eigenvalue weighted by Gasteiger charge is 2.07. The first kappa shape index (κ1) is 14.6. The molecule has 0 bridgehead atoms. The summed E-state index contributed by atoms with van der Waals surface area (Å²) in [6.07, 6.45) is 6.27. The van der Waals surface area contributed by atoms with Crippen molar-refractivity contribution in [1.82, 2.24) is 0 Å². The molecule has 1 rings (SSSR count). The monoisotopic (exact) mass is 266 g/mol. The van der Waals surface area contributed by atoms with Gasteiger partial charge in [0.05, 0.1) is 12.4 Å². The first-order valence-corrected chi connectivity index (χ1v) is 7.69. The second-order valence-electron chi connectivity index (χ2n) is 4.17. The predicted molar refractivity (Wildman–Crippen MR) is 73.4 cm³/mol. The molecular formula is C14H18O3S. The van der Waals surface area contributed by atoms with Gasteiger partial charge in [-0.25, -0.2) is 8.42 Å². The summed E-state index contributed by atoms with van der Waals surface area (Å²) in [5.41, 5.74) is 1.14. The third-order valence-electron chi connectivity index (χ3n) is 2.41. The van der Waals surface area contributed by atoms with E-state index in [0.29, 0.717) is 19.4 Å². The fourth-order valence-corrected chi connectivity index (χ4v) is 2.56. The van der Waals surface area contributed by atoms with Gasteiger partial charge in [0, 0.05) is 0 Å². The van der Waals surface area contributed by atoms with Crippen LogP contribution in [0.3, 0.4) is 0 Å². The molecule has 0 saturated carbocycles. The van der Waals surface area contributed by atoms with Gasteiger partial charge in [0.15, 0.2) is 9.84 Å². The van der Waals surface area contributed by atoms with Gasteiger partial charge < -0.3 is 4.74 Å². The summed E-state index contributed by atoms with van der Waals surface area (Å²) < 4.78 is 28.2. The van der Waals surface area contributed by atoms with E-state index in [0.717, 1.165) is 11.3 Å². The summed E-state index contributed by atoms with van der Waals surface area (Å²) in [6.45, 7) is 2.52. The van der Waals surface area contributed by atoms with Gasteiger partial charge in [-0.2, -0.15) is 0 Å². The zero-order valence-electron chi connectivity index (χ0n) is 10.6. The molecule has 1 aromatic carbocycles. The molecule has 0 amide bonds. The van der Waals surface area contributed by atoms with Crippen molar-refractivity contribution in [1.29, 1.82) is 0 Å². The number of rotatable bonds is 7. The Morgan fingerprint density at radius 1 is 1.33 bits per heavy atom. The Morgan fingerprint density at radius 3 is 2.78 bits per heavy atom. The van der Waals surface area contributed by atoms with Crippen LogP contribution in [0.25, 0.3) is 0 Å². The second kappa shape index (κ2) is 7.07. The molecule has 0 fully saturated rings. The number of hydrogen-bond acceptors (Lipinski definition) is 3. The van der Waals surface area contributed by atoms with Crippen LogP contribution in [0.5, 0.6) is 5.75 Å². The van der Waals surface area contributed by atoms with E-state index in [1.165, 1.54) is 0 Å². The molecule has 0 saturated heterocycles. The number of sulfone groups is 1. The zero-order valence-corrected chi connectivity index (χ0v) is 11.4. The smallest absolute Gasteiger partial charge is 0.161 e. The number of unbranched alkanes of at least 4 members (excludes halogenated alkanes) is 1. The zero-order chi connectivity index (χ0) is 13.4. The Hall–Kier alpha value is -1.47. The van der Waals surface area contributed by atoms with Crippen LogP contribution in [0.15, 0.2) is 24.3 Å². The maximum Gasteiger partial charge on any atom is 0.161 e. The first-order valence-electron chi connectivity index (χ1n) is 5.87. The van der Waals surface area contributed by atoms with Crippen LogP contribution in [0, 0.1) is 19.3 Å². The summed E-state index contributed by atoms with van der Waals surface area (Å²) in [7, 11) is -3.08. The molecule has 0 aliphatic heterocycles. The topological polar surface area (TPSA) is 43.4 Å². The Labute approximate surface area is 109 Å². The molecular weight excluding hydrogens is 248 g/mol. The minimum absolute atomic E-state index is 0.133. The standard InChI is InChI=1S/C14H18O3S/c1-3-10-18(15,16)11-5-4-9-17-14-8-6-7-13(2)12-14/h1,6-8,12H,4-5,9-11H2,2H3. The van der Waals surface area contributed by atoms with E-state index in [2.05, 4.69) is 5.92 Å². The van der Waals surface area contributed by atoms with Gasteiger partial charge in [0.1, 0.15) is 11.5 Å². The van der Waals surface area contributed by atoms with Crippen molar-refractivity contribution >= 4 is 9.84 Å². The predicted octanol–water partition coefficient (Wildman–Crippen LogP) is 2.20. The van der Waals surface area contributed by atoms with Gasteiger partial charge in [0.2, 0.25) is 0 Å². The minimum atomic E-state index is -3.08. The molecule has 0 aromatic heterocycles. The van der Waals surface area contributed by atoms with Gasteiger partial charge in [0.25, 0.3) is 0 Å². The number of hydrogen-bond donors (Lipinski definition) is 0. The fourth-order valence-electron chi connectivity index (χ4n) is 1.52. The van der Waals surface area contributed by atoms with E-state index in [1.807, 2.05) is 31.2 Å². The molecule has 4 heteroatoms. The maximum absolute atomic E-state index is 11.3. The second-order valence-corrected chi connectivity index (χ2v) is 6.35. The Kier molecular flexibility index (Phi) is 5.73. The van der Waals surface area contributed by atoms with Crippen LogP contribution in [0.4, 0.5) is 0 Å². The van der Waals surface area contributed by atoms with Crippen LogP contribution in [0.2, 0.25) is 0 Å². The molecule has 0 heterocycles. The van der Waals surface area contributed by atoms with Crippen molar-refractivity contribution < 1.29 is 13.2 Å². The Morgan fingerprint density at radius 2 is 2.11 bits per heavy atom. The average molecular weight is 266 g/mol. The first-order chi connectivity index (χ1) is 8.53. The molecule has 0 radical (unpaired) electrons. The highest BCUT2D eigenvalue weighted by Crippen LogP contribution is 2.12. The number of aryl methyl sites for hydroxylation is 1. The number of terminal acetylenes is 1. The molecule has 98 valence electrons. The third kappa shape index (κ3) is 5.74. The Bertz CT molecular complexity index is 512. The lowest BCUT2D eigenvalue weighted by Crippen LogP contribution is -2.10. The van der Waals surface area contributed by atoms with Crippen molar-refractivity contribution in [3.8, 4) is 18.1 Å². The van der Waals surface area contributed by atoms with Crippen LogP contribution in [-0.2, 0) is 9.84 Å². The largest absolute Gasteiger partial charge is 0.494 e. The molecule has 3 nitrogen and oxygen atoms in total. The molecule has 0 spiro atoms. The lowest BCUT2D eigenvalue weighted by molar-refractivity contribution is 0.309. The van der Waals surface area contributed by atoms with Crippen molar-refractivity contribution in [2.24, 2.45) is 0 Å². The lowest BCUT2D eigenvalue weighted by atomic mass is 10.2. The SMILES string of the molecule is C#CCS(=O)(=O)CCCCOc1cccc(C)c1. The molecule has 0 aliphatic rings. The molecule has 18 heavy (non-hydrogen) atoms. The molecule has 0 unspecified atom stereocenters.